The molecule has 0 aromatic heterocycles. The summed E-state index contributed by atoms with van der Waals surface area (Å²) in [6.07, 6.45) is 7.28. The lowest BCUT2D eigenvalue weighted by molar-refractivity contribution is -0.139. The molecule has 9 heteroatoms. The first-order valence-electron chi connectivity index (χ1n) is 13.5. The Balaban J connectivity index is 1.91. The second kappa shape index (κ2) is 16.8. The van der Waals surface area contributed by atoms with Gasteiger partial charge in [0.05, 0.1) is 13.2 Å². The van der Waals surface area contributed by atoms with Crippen LogP contribution in [0.1, 0.15) is 34.8 Å². The minimum absolute atomic E-state index is 0.219. The maximum absolute atomic E-state index is 13.4. The fourth-order valence-electron chi connectivity index (χ4n) is 4.32. The molecule has 2 unspecified atom stereocenters. The zero-order valence-corrected chi connectivity index (χ0v) is 24.7. The van der Waals surface area contributed by atoms with Crippen molar-refractivity contribution in [2.24, 2.45) is 0 Å². The lowest BCUT2D eigenvalue weighted by Gasteiger charge is -2.21. The Kier molecular flexibility index (Phi) is 13.2. The Morgan fingerprint density at radius 3 is 2.68 bits per heavy atom. The van der Waals surface area contributed by atoms with Gasteiger partial charge in [-0.2, -0.15) is 11.8 Å². The van der Waals surface area contributed by atoms with Crippen LogP contribution < -0.4 is 5.32 Å². The SMILES string of the molecule is C=C/C=C(\C=C1/COCO1)C(COCC)OCc1ccc(C(=O)NC(CCSC)C(=O)O)c(-c2ccccc2C)c1. The quantitative estimate of drug-likeness (QED) is 0.250. The molecule has 1 saturated heterocycles. The fourth-order valence-corrected chi connectivity index (χ4v) is 4.79. The zero-order chi connectivity index (χ0) is 29.6. The molecule has 1 heterocycles. The molecule has 2 aromatic carbocycles. The first-order chi connectivity index (χ1) is 19.9. The number of amides is 1. The highest BCUT2D eigenvalue weighted by atomic mass is 32.2. The lowest BCUT2D eigenvalue weighted by Crippen LogP contribution is -2.41. The standard InChI is InChI=1S/C32H39NO7S/c1-5-9-24(17-25-19-38-21-40-25)30(20-37-6-2)39-18-23-12-13-27(28(16-23)26-11-8-7-10-22(26)3)31(34)33-29(32(35)36)14-15-41-4/h5,7-13,16-17,29-30H,1,6,14-15,18-21H2,2-4H3,(H,33,34)(H,35,36)/b24-9+,25-17+. The summed E-state index contributed by atoms with van der Waals surface area (Å²) in [6.45, 7) is 9.46. The van der Waals surface area contributed by atoms with Crippen molar-refractivity contribution < 1.29 is 33.6 Å². The largest absolute Gasteiger partial charge is 0.480 e. The van der Waals surface area contributed by atoms with Gasteiger partial charge in [-0.3, -0.25) is 4.79 Å². The molecule has 220 valence electrons. The zero-order valence-electron chi connectivity index (χ0n) is 23.9. The average Bonchev–Trinajstić information content (AvgIpc) is 3.48. The van der Waals surface area contributed by atoms with Crippen molar-refractivity contribution in [3.63, 3.8) is 0 Å². The fraction of sp³-hybridized carbons (Fsp3) is 0.375. The lowest BCUT2D eigenvalue weighted by atomic mass is 9.93. The molecule has 1 aliphatic rings. The minimum atomic E-state index is -1.05. The number of carbonyl (C=O) groups is 2. The van der Waals surface area contributed by atoms with E-state index in [9.17, 15) is 14.7 Å². The number of aryl methyl sites for hydroxylation is 1. The number of hydrogen-bond acceptors (Lipinski definition) is 7. The van der Waals surface area contributed by atoms with Gasteiger partial charge in [0.15, 0.2) is 6.79 Å². The summed E-state index contributed by atoms with van der Waals surface area (Å²) in [6, 6.07) is 12.3. The molecule has 0 bridgehead atoms. The van der Waals surface area contributed by atoms with Crippen LogP contribution in [-0.4, -0.2) is 67.8 Å². The molecule has 0 radical (unpaired) electrons. The van der Waals surface area contributed by atoms with Gasteiger partial charge in [-0.25, -0.2) is 4.79 Å². The number of carboxylic acids is 1. The third-order valence-corrected chi connectivity index (χ3v) is 7.13. The first kappa shape index (κ1) is 32.1. The summed E-state index contributed by atoms with van der Waals surface area (Å²) in [5.74, 6) is -0.153. The second-order valence-corrected chi connectivity index (χ2v) is 10.4. The maximum Gasteiger partial charge on any atom is 0.326 e. The molecule has 8 nitrogen and oxygen atoms in total. The van der Waals surface area contributed by atoms with Gasteiger partial charge in [-0.1, -0.05) is 49.1 Å². The summed E-state index contributed by atoms with van der Waals surface area (Å²) < 4.78 is 22.9. The first-order valence-corrected chi connectivity index (χ1v) is 14.9. The molecule has 1 aliphatic heterocycles. The van der Waals surface area contributed by atoms with Crippen LogP contribution in [0.4, 0.5) is 0 Å². The summed E-state index contributed by atoms with van der Waals surface area (Å²) >= 11 is 1.54. The predicted molar refractivity (Wildman–Crippen MR) is 162 cm³/mol. The van der Waals surface area contributed by atoms with Gasteiger partial charge < -0.3 is 29.4 Å². The topological polar surface area (TPSA) is 103 Å². The van der Waals surface area contributed by atoms with Crippen LogP contribution in [0.5, 0.6) is 0 Å². The predicted octanol–water partition coefficient (Wildman–Crippen LogP) is 5.52. The smallest absolute Gasteiger partial charge is 0.326 e. The van der Waals surface area contributed by atoms with E-state index in [1.807, 2.05) is 68.7 Å². The molecule has 1 amide bonds. The van der Waals surface area contributed by atoms with Crippen molar-refractivity contribution in [3.8, 4) is 11.1 Å². The molecule has 2 aromatic rings. The maximum atomic E-state index is 13.4. The van der Waals surface area contributed by atoms with Crippen LogP contribution >= 0.6 is 11.8 Å². The Hall–Kier alpha value is -3.37. The number of aliphatic carboxylic acids is 1. The van der Waals surface area contributed by atoms with Crippen molar-refractivity contribution in [2.75, 3.05) is 38.6 Å². The summed E-state index contributed by atoms with van der Waals surface area (Å²) in [4.78, 5) is 25.2. The van der Waals surface area contributed by atoms with E-state index in [1.54, 1.807) is 12.1 Å². The summed E-state index contributed by atoms with van der Waals surface area (Å²) in [5, 5.41) is 12.4. The summed E-state index contributed by atoms with van der Waals surface area (Å²) in [5.41, 5.74) is 4.68. The molecule has 41 heavy (non-hydrogen) atoms. The minimum Gasteiger partial charge on any atom is -0.480 e. The number of carbonyl (C=O) groups excluding carboxylic acids is 1. The number of ether oxygens (including phenoxy) is 4. The molecular weight excluding hydrogens is 542 g/mol. The van der Waals surface area contributed by atoms with Crippen LogP contribution in [0.25, 0.3) is 11.1 Å². The van der Waals surface area contributed by atoms with E-state index < -0.39 is 24.0 Å². The molecule has 0 aliphatic carbocycles. The van der Waals surface area contributed by atoms with Crippen molar-refractivity contribution >= 4 is 23.6 Å². The van der Waals surface area contributed by atoms with Crippen molar-refractivity contribution in [2.45, 2.75) is 39.0 Å². The number of carboxylic acid groups (broad SMARTS) is 1. The number of rotatable bonds is 16. The van der Waals surface area contributed by atoms with Crippen LogP contribution in [0.15, 0.2) is 78.6 Å². The molecule has 1 fully saturated rings. The molecule has 0 saturated carbocycles. The normalized spacial score (nSPS) is 15.8. The van der Waals surface area contributed by atoms with Crippen molar-refractivity contribution in [1.29, 1.82) is 0 Å². The van der Waals surface area contributed by atoms with Crippen LogP contribution in [0, 0.1) is 6.92 Å². The highest BCUT2D eigenvalue weighted by molar-refractivity contribution is 7.98. The van der Waals surface area contributed by atoms with Gasteiger partial charge in [-0.15, -0.1) is 0 Å². The molecule has 0 spiro atoms. The number of thioether (sulfide) groups is 1. The third-order valence-electron chi connectivity index (χ3n) is 6.48. The monoisotopic (exact) mass is 581 g/mol. The average molecular weight is 582 g/mol. The van der Waals surface area contributed by atoms with E-state index in [0.717, 1.165) is 22.3 Å². The van der Waals surface area contributed by atoms with E-state index in [-0.39, 0.29) is 13.4 Å². The number of benzene rings is 2. The molecule has 2 N–H and O–H groups in total. The highest BCUT2D eigenvalue weighted by Gasteiger charge is 2.23. The highest BCUT2D eigenvalue weighted by Crippen LogP contribution is 2.29. The van der Waals surface area contributed by atoms with Gasteiger partial charge >= 0.3 is 5.97 Å². The van der Waals surface area contributed by atoms with Crippen LogP contribution in [0.3, 0.4) is 0 Å². The number of nitrogens with one attached hydrogen (secondary N) is 1. The van der Waals surface area contributed by atoms with Crippen LogP contribution in [0.2, 0.25) is 0 Å². The van der Waals surface area contributed by atoms with Crippen molar-refractivity contribution in [3.05, 3.63) is 95.3 Å². The van der Waals surface area contributed by atoms with E-state index in [1.165, 1.54) is 11.8 Å². The van der Waals surface area contributed by atoms with Gasteiger partial charge in [0.25, 0.3) is 5.91 Å². The number of hydrogen-bond donors (Lipinski definition) is 2. The van der Waals surface area contributed by atoms with E-state index in [4.69, 9.17) is 18.9 Å². The second-order valence-electron chi connectivity index (χ2n) is 9.42. The van der Waals surface area contributed by atoms with Crippen molar-refractivity contribution in [1.82, 2.24) is 5.32 Å². The number of allylic oxidation sites excluding steroid dienone is 2. The third kappa shape index (κ3) is 9.60. The Morgan fingerprint density at radius 2 is 2.02 bits per heavy atom. The van der Waals surface area contributed by atoms with E-state index in [2.05, 4.69) is 11.9 Å². The Bertz CT molecular complexity index is 1250. The molecule has 3 rings (SSSR count). The van der Waals surface area contributed by atoms with Gasteiger partial charge in [-0.05, 0) is 78.3 Å². The van der Waals surface area contributed by atoms with Gasteiger partial charge in [0.2, 0.25) is 0 Å². The Morgan fingerprint density at radius 1 is 1.22 bits per heavy atom. The van der Waals surface area contributed by atoms with E-state index in [0.29, 0.717) is 48.9 Å². The van der Waals surface area contributed by atoms with Gasteiger partial charge in [0.1, 0.15) is 24.5 Å². The van der Waals surface area contributed by atoms with Crippen LogP contribution in [-0.2, 0) is 30.3 Å². The molecular formula is C32H39NO7S. The summed E-state index contributed by atoms with van der Waals surface area (Å²) in [7, 11) is 0. The van der Waals surface area contributed by atoms with Gasteiger partial charge in [0, 0.05) is 12.2 Å². The molecule has 2 atom stereocenters. The Labute approximate surface area is 246 Å². The van der Waals surface area contributed by atoms with E-state index >= 15 is 0 Å².